The Labute approximate surface area is 176 Å². The number of aryl methyl sites for hydroxylation is 1. The molecule has 0 saturated carbocycles. The predicted molar refractivity (Wildman–Crippen MR) is 118 cm³/mol. The van der Waals surface area contributed by atoms with E-state index in [1.807, 2.05) is 42.9 Å². The molecule has 0 aliphatic heterocycles. The average molecular weight is 386 g/mol. The number of carbonyl (C=O) groups excluding carboxylic acids is 1. The number of hydrogen-bond donors (Lipinski definition) is 0. The van der Waals surface area contributed by atoms with Crippen LogP contribution in [0.1, 0.15) is 28.1 Å². The Morgan fingerprint density at radius 2 is 2.00 bits per heavy atom. The summed E-state index contributed by atoms with van der Waals surface area (Å²) in [4.78, 5) is 21.3. The first-order chi connectivity index (χ1) is 15.7. The van der Waals surface area contributed by atoms with Crippen LogP contribution in [-0.4, -0.2) is 20.3 Å². The van der Waals surface area contributed by atoms with Crippen molar-refractivity contribution in [1.82, 2.24) is 14.5 Å². The molecule has 144 valence electrons. The zero-order chi connectivity index (χ0) is 23.9. The molecule has 0 amide bonds. The van der Waals surface area contributed by atoms with Gasteiger partial charge >= 0.3 is 0 Å². The lowest BCUT2D eigenvalue weighted by molar-refractivity contribution is -0.114. The number of allylic oxidation sites excluding steroid dienone is 1. The van der Waals surface area contributed by atoms with E-state index < -0.39 is 0 Å². The smallest absolute Gasteiger partial charge is 0.161 e. The van der Waals surface area contributed by atoms with Crippen LogP contribution in [0.3, 0.4) is 0 Å². The molecule has 4 rings (SSSR count). The summed E-state index contributed by atoms with van der Waals surface area (Å²) < 4.78 is 33.9. The fourth-order valence-electron chi connectivity index (χ4n) is 3.17. The van der Waals surface area contributed by atoms with Crippen LogP contribution < -0.4 is 0 Å². The largest absolute Gasteiger partial charge is 0.331 e. The predicted octanol–water partition coefficient (Wildman–Crippen LogP) is 5.08. The quantitative estimate of drug-likeness (QED) is 0.450. The zero-order valence-electron chi connectivity index (χ0n) is 20.6. The third-order valence-corrected chi connectivity index (χ3v) is 4.86. The van der Waals surface area contributed by atoms with Gasteiger partial charge in [-0.3, -0.25) is 9.78 Å². The van der Waals surface area contributed by atoms with Gasteiger partial charge in [0.1, 0.15) is 5.82 Å². The van der Waals surface area contributed by atoms with Crippen molar-refractivity contribution in [2.75, 3.05) is 0 Å². The third kappa shape index (κ3) is 4.16. The molecule has 0 radical (unpaired) electrons. The molecular weight excluding hydrogens is 358 g/mol. The van der Waals surface area contributed by atoms with Crippen molar-refractivity contribution in [3.63, 3.8) is 0 Å². The molecule has 2 heterocycles. The molecule has 0 unspecified atom stereocenters. The van der Waals surface area contributed by atoms with Gasteiger partial charge in [0.25, 0.3) is 0 Å². The average Bonchev–Trinajstić information content (AvgIpc) is 3.14. The standard InChI is InChI=1S/C25H23N3O/c1-17-5-4-6-19(11-17)7-10-24(29)14-23-13-22-12-20(8-9-21(22)15-27-23)25-16-26-18(2)28(25)3/h4-13,15-16H,14H2,1-3H3/b10-7+/i4D,5D,6D,11D. The van der Waals surface area contributed by atoms with Crippen LogP contribution in [0.4, 0.5) is 0 Å². The summed E-state index contributed by atoms with van der Waals surface area (Å²) in [6.45, 7) is 3.52. The molecule has 4 aromatic rings. The fraction of sp³-hybridized carbons (Fsp3) is 0.160. The van der Waals surface area contributed by atoms with Crippen LogP contribution in [0, 0.1) is 13.8 Å². The Morgan fingerprint density at radius 1 is 1.14 bits per heavy atom. The fourth-order valence-corrected chi connectivity index (χ4v) is 3.17. The minimum atomic E-state index is -0.244. The van der Waals surface area contributed by atoms with Gasteiger partial charge in [-0.2, -0.15) is 0 Å². The summed E-state index contributed by atoms with van der Waals surface area (Å²) in [5.41, 5.74) is 3.14. The van der Waals surface area contributed by atoms with Crippen molar-refractivity contribution in [2.24, 2.45) is 7.05 Å². The summed E-state index contributed by atoms with van der Waals surface area (Å²) in [5.74, 6) is 0.702. The van der Waals surface area contributed by atoms with Crippen LogP contribution in [0.15, 0.2) is 66.9 Å². The Kier molecular flexibility index (Phi) is 3.91. The summed E-state index contributed by atoms with van der Waals surface area (Å²) in [7, 11) is 1.97. The maximum absolute atomic E-state index is 12.6. The monoisotopic (exact) mass is 385 g/mol. The first-order valence-corrected chi connectivity index (χ1v) is 9.32. The third-order valence-electron chi connectivity index (χ3n) is 4.86. The Balaban J connectivity index is 1.59. The van der Waals surface area contributed by atoms with Gasteiger partial charge in [0.15, 0.2) is 5.78 Å². The Bertz CT molecular complexity index is 1410. The van der Waals surface area contributed by atoms with Gasteiger partial charge in [0.05, 0.1) is 23.8 Å². The first kappa shape index (κ1) is 14.5. The molecular formula is C25H23N3O. The summed E-state index contributed by atoms with van der Waals surface area (Å²) in [5, 5.41) is 1.94. The van der Waals surface area contributed by atoms with E-state index in [0.717, 1.165) is 27.9 Å². The highest BCUT2D eigenvalue weighted by Crippen LogP contribution is 2.25. The highest BCUT2D eigenvalue weighted by Gasteiger charge is 2.08. The van der Waals surface area contributed by atoms with Gasteiger partial charge in [0, 0.05) is 29.9 Å². The number of rotatable bonds is 5. The van der Waals surface area contributed by atoms with Crippen LogP contribution in [-0.2, 0) is 18.3 Å². The molecule has 0 atom stereocenters. The summed E-state index contributed by atoms with van der Waals surface area (Å²) in [6.07, 6.45) is 6.36. The van der Waals surface area contributed by atoms with E-state index in [1.54, 1.807) is 13.1 Å². The van der Waals surface area contributed by atoms with Crippen molar-refractivity contribution >= 4 is 22.6 Å². The molecule has 0 saturated heterocycles. The van der Waals surface area contributed by atoms with Crippen LogP contribution >= 0.6 is 0 Å². The van der Waals surface area contributed by atoms with E-state index in [4.69, 9.17) is 5.48 Å². The maximum Gasteiger partial charge on any atom is 0.161 e. The lowest BCUT2D eigenvalue weighted by Crippen LogP contribution is -2.01. The van der Waals surface area contributed by atoms with Gasteiger partial charge < -0.3 is 4.57 Å². The second-order valence-electron chi connectivity index (χ2n) is 7.00. The number of aromatic nitrogens is 3. The van der Waals surface area contributed by atoms with E-state index >= 15 is 0 Å². The molecule has 29 heavy (non-hydrogen) atoms. The van der Waals surface area contributed by atoms with Crippen LogP contribution in [0.25, 0.3) is 28.1 Å². The highest BCUT2D eigenvalue weighted by molar-refractivity contribution is 5.95. The van der Waals surface area contributed by atoms with Gasteiger partial charge in [-0.25, -0.2) is 4.98 Å². The van der Waals surface area contributed by atoms with E-state index in [2.05, 4.69) is 16.0 Å². The van der Waals surface area contributed by atoms with Crippen molar-refractivity contribution < 1.29 is 10.3 Å². The van der Waals surface area contributed by atoms with E-state index in [0.29, 0.717) is 11.3 Å². The molecule has 2 aromatic heterocycles. The lowest BCUT2D eigenvalue weighted by Gasteiger charge is -2.07. The summed E-state index contributed by atoms with van der Waals surface area (Å²) in [6, 6.07) is 7.36. The second-order valence-corrected chi connectivity index (χ2v) is 7.00. The molecule has 4 nitrogen and oxygen atoms in total. The zero-order valence-corrected chi connectivity index (χ0v) is 16.6. The number of nitrogens with zero attached hydrogens (tertiary/aromatic N) is 3. The van der Waals surface area contributed by atoms with Gasteiger partial charge in [0.2, 0.25) is 0 Å². The van der Waals surface area contributed by atoms with Crippen molar-refractivity contribution in [1.29, 1.82) is 0 Å². The Morgan fingerprint density at radius 3 is 2.79 bits per heavy atom. The number of fused-ring (bicyclic) bond motifs is 1. The molecule has 0 bridgehead atoms. The van der Waals surface area contributed by atoms with Crippen molar-refractivity contribution in [2.45, 2.75) is 20.3 Å². The van der Waals surface area contributed by atoms with E-state index in [9.17, 15) is 4.79 Å². The molecule has 0 aliphatic carbocycles. The SMILES string of the molecule is [2H]c1c([2H])c(C)c([2H])c(/C=C/C(=O)Cc2cc3cc(-c4cnc(C)n4C)ccc3cn2)c1[2H]. The topological polar surface area (TPSA) is 47.8 Å². The first-order valence-electron chi connectivity index (χ1n) is 11.3. The Hall–Kier alpha value is -3.53. The van der Waals surface area contributed by atoms with Crippen LogP contribution in [0.2, 0.25) is 0 Å². The van der Waals surface area contributed by atoms with Crippen LogP contribution in [0.5, 0.6) is 0 Å². The van der Waals surface area contributed by atoms with Crippen molar-refractivity contribution in [3.8, 4) is 11.3 Å². The molecule has 0 spiro atoms. The minimum Gasteiger partial charge on any atom is -0.331 e. The second kappa shape index (κ2) is 7.84. The highest BCUT2D eigenvalue weighted by atomic mass is 16.1. The molecule has 0 aliphatic rings. The van der Waals surface area contributed by atoms with E-state index in [-0.39, 0.29) is 41.9 Å². The molecule has 0 fully saturated rings. The maximum atomic E-state index is 12.6. The molecule has 2 aromatic carbocycles. The van der Waals surface area contributed by atoms with Gasteiger partial charge in [-0.05, 0) is 43.0 Å². The number of benzene rings is 2. The normalized spacial score (nSPS) is 13.3. The number of hydrogen-bond acceptors (Lipinski definition) is 3. The molecule has 0 N–H and O–H groups in total. The number of ketones is 1. The van der Waals surface area contributed by atoms with Gasteiger partial charge in [-0.1, -0.05) is 47.9 Å². The number of carbonyl (C=O) groups is 1. The minimum absolute atomic E-state index is 0.00758. The van der Waals surface area contributed by atoms with E-state index in [1.165, 1.54) is 12.2 Å². The van der Waals surface area contributed by atoms with Crippen molar-refractivity contribution in [3.05, 3.63) is 89.6 Å². The molecule has 4 heteroatoms. The lowest BCUT2D eigenvalue weighted by atomic mass is 10.0. The number of imidazole rings is 1. The summed E-state index contributed by atoms with van der Waals surface area (Å²) >= 11 is 0. The number of pyridine rings is 1. The van der Waals surface area contributed by atoms with Gasteiger partial charge in [-0.15, -0.1) is 0 Å².